The van der Waals surface area contributed by atoms with Crippen LogP contribution in [-0.2, 0) is 0 Å². The first-order chi connectivity index (χ1) is 11.9. The summed E-state index contributed by atoms with van der Waals surface area (Å²) in [6, 6.07) is 13.5. The average Bonchev–Trinajstić information content (AvgIpc) is 2.59. The second kappa shape index (κ2) is 6.67. The first kappa shape index (κ1) is 17.2. The molecule has 0 aliphatic carbocycles. The number of aromatic hydroxyl groups is 1. The third-order valence-corrected chi connectivity index (χ3v) is 4.79. The molecule has 3 rings (SSSR count). The van der Waals surface area contributed by atoms with Gasteiger partial charge in [-0.15, -0.1) is 0 Å². The van der Waals surface area contributed by atoms with Crippen LogP contribution in [0, 0.1) is 20.8 Å². The topological polar surface area (TPSA) is 53.4 Å². The van der Waals surface area contributed by atoms with Crippen molar-refractivity contribution in [3.8, 4) is 5.75 Å². The number of aryl methyl sites for hydroxylation is 3. The number of aromatic nitrogens is 1. The summed E-state index contributed by atoms with van der Waals surface area (Å²) in [4.78, 5) is 4.38. The predicted molar refractivity (Wildman–Crippen MR) is 105 cm³/mol. The van der Waals surface area contributed by atoms with Gasteiger partial charge in [0.05, 0.1) is 17.1 Å². The molecule has 25 heavy (non-hydrogen) atoms. The number of thiocarbonyl (C=S) groups is 1. The summed E-state index contributed by atoms with van der Waals surface area (Å²) in [5.74, 6) is -0.242. The number of hydrogen-bond acceptors (Lipinski definition) is 4. The molecule has 0 amide bonds. The lowest BCUT2D eigenvalue weighted by atomic mass is 9.87. The average molecular weight is 349 g/mol. The highest BCUT2D eigenvalue weighted by atomic mass is 32.1. The first-order valence-corrected chi connectivity index (χ1v) is 8.43. The van der Waals surface area contributed by atoms with Crippen LogP contribution in [0.25, 0.3) is 10.9 Å². The number of nitrogens with zero attached hydrogens (tertiary/aromatic N) is 1. The Morgan fingerprint density at radius 1 is 1.00 bits per heavy atom. The quantitative estimate of drug-likeness (QED) is 0.514. The fraction of sp³-hybridized carbons (Fsp3) is 0.190. The van der Waals surface area contributed by atoms with Crippen LogP contribution in [0.3, 0.4) is 0 Å². The highest BCUT2D eigenvalue weighted by Gasteiger charge is 2.20. The summed E-state index contributed by atoms with van der Waals surface area (Å²) in [5, 5.41) is 23.6. The minimum absolute atomic E-state index is 0.00176. The normalized spacial score (nSPS) is 12.0. The third-order valence-electron chi connectivity index (χ3n) is 4.58. The molecule has 3 nitrogen and oxygen atoms in total. The van der Waals surface area contributed by atoms with E-state index in [9.17, 15) is 10.2 Å². The van der Waals surface area contributed by atoms with E-state index in [1.54, 1.807) is 13.0 Å². The predicted octanol–water partition coefficient (Wildman–Crippen LogP) is 5.04. The van der Waals surface area contributed by atoms with Gasteiger partial charge in [0.1, 0.15) is 5.75 Å². The van der Waals surface area contributed by atoms with Gasteiger partial charge in [0.15, 0.2) is 5.76 Å². The molecule has 0 saturated heterocycles. The molecular formula is C21H19NO2S. The number of rotatable bonds is 3. The molecule has 0 radical (unpaired) electrons. The van der Waals surface area contributed by atoms with Gasteiger partial charge in [-0.05, 0) is 78.5 Å². The van der Waals surface area contributed by atoms with E-state index in [4.69, 9.17) is 12.2 Å². The number of benzene rings is 2. The lowest BCUT2D eigenvalue weighted by Gasteiger charge is -2.18. The Labute approximate surface area is 152 Å². The zero-order chi connectivity index (χ0) is 18.1. The summed E-state index contributed by atoms with van der Waals surface area (Å²) in [5.41, 5.74) is 5.54. The molecule has 1 unspecified atom stereocenters. The molecule has 0 saturated carbocycles. The van der Waals surface area contributed by atoms with Gasteiger partial charge in [-0.3, -0.25) is 0 Å². The van der Waals surface area contributed by atoms with E-state index in [0.29, 0.717) is 5.69 Å². The second-order valence-corrected chi connectivity index (χ2v) is 6.51. The number of pyridine rings is 1. The van der Waals surface area contributed by atoms with Crippen LogP contribution in [-0.4, -0.2) is 20.2 Å². The fourth-order valence-electron chi connectivity index (χ4n) is 2.97. The molecule has 2 aromatic carbocycles. The van der Waals surface area contributed by atoms with E-state index in [0.717, 1.165) is 27.6 Å². The van der Waals surface area contributed by atoms with E-state index in [2.05, 4.69) is 23.0 Å². The van der Waals surface area contributed by atoms with E-state index in [1.807, 2.05) is 37.3 Å². The lowest BCUT2D eigenvalue weighted by molar-refractivity contribution is 0.392. The monoisotopic (exact) mass is 349 g/mol. The Hall–Kier alpha value is -2.68. The molecule has 126 valence electrons. The van der Waals surface area contributed by atoms with Crippen LogP contribution < -0.4 is 0 Å². The van der Waals surface area contributed by atoms with Crippen molar-refractivity contribution in [1.82, 2.24) is 4.98 Å². The number of aliphatic hydroxyl groups excluding tert-OH is 1. The van der Waals surface area contributed by atoms with E-state index in [-0.39, 0.29) is 11.5 Å². The van der Waals surface area contributed by atoms with Gasteiger partial charge < -0.3 is 10.2 Å². The van der Waals surface area contributed by atoms with Gasteiger partial charge in [-0.1, -0.05) is 24.3 Å². The Kier molecular flexibility index (Phi) is 4.58. The summed E-state index contributed by atoms with van der Waals surface area (Å²) in [6.07, 6.45) is 0. The molecule has 0 fully saturated rings. The molecule has 1 atom stereocenters. The SMILES string of the molecule is Cc1ccc(C(C(O)=C=S)c2ccc3nc(C)c(O)cc3c2)cc1C. The summed E-state index contributed by atoms with van der Waals surface area (Å²) < 4.78 is 0. The number of hydrogen-bond donors (Lipinski definition) is 2. The zero-order valence-electron chi connectivity index (χ0n) is 14.4. The van der Waals surface area contributed by atoms with Crippen molar-refractivity contribution in [2.24, 2.45) is 0 Å². The van der Waals surface area contributed by atoms with Gasteiger partial charge in [-0.2, -0.15) is 0 Å². The van der Waals surface area contributed by atoms with E-state index < -0.39 is 5.92 Å². The van der Waals surface area contributed by atoms with Crippen LogP contribution in [0.2, 0.25) is 0 Å². The molecular weight excluding hydrogens is 330 g/mol. The smallest absolute Gasteiger partial charge is 0.158 e. The van der Waals surface area contributed by atoms with E-state index in [1.165, 1.54) is 5.56 Å². The molecule has 1 aromatic heterocycles. The van der Waals surface area contributed by atoms with Crippen molar-refractivity contribution in [1.29, 1.82) is 0 Å². The van der Waals surface area contributed by atoms with Crippen LogP contribution in [0.15, 0.2) is 48.2 Å². The summed E-state index contributed by atoms with van der Waals surface area (Å²) in [6.45, 7) is 5.86. The molecule has 0 bridgehead atoms. The molecule has 3 aromatic rings. The van der Waals surface area contributed by atoms with Gasteiger partial charge in [0.25, 0.3) is 0 Å². The molecule has 2 N–H and O–H groups in total. The summed E-state index contributed by atoms with van der Waals surface area (Å²) >= 11 is 4.85. The van der Waals surface area contributed by atoms with Gasteiger partial charge in [-0.25, -0.2) is 4.98 Å². The number of allylic oxidation sites excluding steroid dienone is 1. The van der Waals surface area contributed by atoms with Crippen molar-refractivity contribution in [2.45, 2.75) is 26.7 Å². The molecule has 0 aliphatic heterocycles. The van der Waals surface area contributed by atoms with Crippen molar-refractivity contribution >= 4 is 28.1 Å². The van der Waals surface area contributed by atoms with Crippen molar-refractivity contribution in [2.75, 3.05) is 0 Å². The maximum atomic E-state index is 10.4. The van der Waals surface area contributed by atoms with Gasteiger partial charge >= 0.3 is 0 Å². The van der Waals surface area contributed by atoms with Crippen LogP contribution >= 0.6 is 12.2 Å². The Morgan fingerprint density at radius 2 is 1.68 bits per heavy atom. The van der Waals surface area contributed by atoms with Gasteiger partial charge in [0, 0.05) is 5.39 Å². The van der Waals surface area contributed by atoms with Gasteiger partial charge in [0.2, 0.25) is 0 Å². The number of aliphatic hydroxyl groups is 1. The third kappa shape index (κ3) is 3.27. The molecule has 0 spiro atoms. The minimum Gasteiger partial charge on any atom is -0.506 e. The maximum Gasteiger partial charge on any atom is 0.158 e. The Balaban J connectivity index is 2.19. The Bertz CT molecular complexity index is 1020. The van der Waals surface area contributed by atoms with E-state index >= 15 is 0 Å². The zero-order valence-corrected chi connectivity index (χ0v) is 15.2. The van der Waals surface area contributed by atoms with Crippen molar-refractivity contribution in [3.05, 3.63) is 76.2 Å². The molecule has 0 aliphatic rings. The molecule has 1 heterocycles. The number of fused-ring (bicyclic) bond motifs is 1. The molecule has 4 heteroatoms. The van der Waals surface area contributed by atoms with Crippen molar-refractivity contribution in [3.63, 3.8) is 0 Å². The van der Waals surface area contributed by atoms with Crippen molar-refractivity contribution < 1.29 is 10.2 Å². The van der Waals surface area contributed by atoms with Crippen LogP contribution in [0.1, 0.15) is 33.9 Å². The first-order valence-electron chi connectivity index (χ1n) is 8.02. The Morgan fingerprint density at radius 3 is 2.36 bits per heavy atom. The minimum atomic E-state index is -0.398. The fourth-order valence-corrected chi connectivity index (χ4v) is 3.09. The van der Waals surface area contributed by atoms with Crippen LogP contribution in [0.4, 0.5) is 0 Å². The maximum absolute atomic E-state index is 10.4. The highest BCUT2D eigenvalue weighted by molar-refractivity contribution is 7.78. The lowest BCUT2D eigenvalue weighted by Crippen LogP contribution is -2.06. The summed E-state index contributed by atoms with van der Waals surface area (Å²) in [7, 11) is 0. The standard InChI is InChI=1S/C21H19NO2S/c1-12-4-5-15(8-13(12)2)21(20(24)11-25)16-6-7-18-17(9-16)10-19(23)14(3)22-18/h4-10,21,23-24H,1-3H3. The largest absolute Gasteiger partial charge is 0.506 e. The highest BCUT2D eigenvalue weighted by Crippen LogP contribution is 2.33. The second-order valence-electron chi connectivity index (χ2n) is 6.31. The van der Waals surface area contributed by atoms with Crippen LogP contribution in [0.5, 0.6) is 5.75 Å².